The van der Waals surface area contributed by atoms with Crippen LogP contribution in [0.4, 0.5) is 10.1 Å². The summed E-state index contributed by atoms with van der Waals surface area (Å²) in [6.07, 6.45) is 0. The Morgan fingerprint density at radius 2 is 2.29 bits per heavy atom. The molecule has 0 saturated heterocycles. The van der Waals surface area contributed by atoms with Crippen LogP contribution in [0.5, 0.6) is 0 Å². The number of hydrogen-bond acceptors (Lipinski definition) is 3. The van der Waals surface area contributed by atoms with Crippen molar-refractivity contribution < 1.29 is 9.18 Å². The fraction of sp³-hybridized carbons (Fsp3) is 0.417. The van der Waals surface area contributed by atoms with Crippen molar-refractivity contribution in [1.82, 2.24) is 5.32 Å². The minimum Gasteiger partial charge on any atom is -0.370 e. The average molecular weight is 239 g/mol. The number of halogens is 1. The third kappa shape index (κ3) is 3.71. The Morgan fingerprint density at radius 1 is 1.59 bits per heavy atom. The Balaban J connectivity index is 2.81. The van der Waals surface area contributed by atoms with E-state index in [9.17, 15) is 9.18 Å². The SMILES string of the molecule is CCN(CC(NC)C(N)=O)c1cccc(F)c1. The van der Waals surface area contributed by atoms with Gasteiger partial charge in [0.1, 0.15) is 11.9 Å². The van der Waals surface area contributed by atoms with E-state index in [1.807, 2.05) is 11.8 Å². The van der Waals surface area contributed by atoms with Crippen LogP contribution in [0.25, 0.3) is 0 Å². The Labute approximate surface area is 101 Å². The number of nitrogens with zero attached hydrogens (tertiary/aromatic N) is 1. The molecular weight excluding hydrogens is 221 g/mol. The van der Waals surface area contributed by atoms with Gasteiger partial charge in [0.2, 0.25) is 5.91 Å². The number of carbonyl (C=O) groups excluding carboxylic acids is 1. The Kier molecular flexibility index (Phi) is 4.90. The largest absolute Gasteiger partial charge is 0.370 e. The maximum Gasteiger partial charge on any atom is 0.236 e. The van der Waals surface area contributed by atoms with Crippen LogP contribution < -0.4 is 16.0 Å². The van der Waals surface area contributed by atoms with E-state index in [1.165, 1.54) is 12.1 Å². The summed E-state index contributed by atoms with van der Waals surface area (Å²) in [4.78, 5) is 13.0. The number of amides is 1. The van der Waals surface area contributed by atoms with Gasteiger partial charge in [0, 0.05) is 18.8 Å². The molecule has 0 fully saturated rings. The highest BCUT2D eigenvalue weighted by atomic mass is 19.1. The van der Waals surface area contributed by atoms with Gasteiger partial charge in [-0.05, 0) is 32.2 Å². The summed E-state index contributed by atoms with van der Waals surface area (Å²) in [7, 11) is 1.68. The van der Waals surface area contributed by atoms with Gasteiger partial charge in [-0.25, -0.2) is 4.39 Å². The molecule has 1 atom stereocenters. The van der Waals surface area contributed by atoms with Crippen LogP contribution >= 0.6 is 0 Å². The smallest absolute Gasteiger partial charge is 0.236 e. The van der Waals surface area contributed by atoms with E-state index in [-0.39, 0.29) is 5.82 Å². The number of rotatable bonds is 6. The summed E-state index contributed by atoms with van der Waals surface area (Å²) in [5.74, 6) is -0.705. The second-order valence-electron chi connectivity index (χ2n) is 3.76. The Hall–Kier alpha value is -1.62. The number of nitrogens with two attached hydrogens (primary N) is 1. The second-order valence-corrected chi connectivity index (χ2v) is 3.76. The summed E-state index contributed by atoms with van der Waals surface area (Å²) in [6, 6.07) is 5.84. The third-order valence-corrected chi connectivity index (χ3v) is 2.65. The van der Waals surface area contributed by atoms with Gasteiger partial charge in [-0.15, -0.1) is 0 Å². The van der Waals surface area contributed by atoms with Crippen LogP contribution in [-0.4, -0.2) is 32.1 Å². The minimum atomic E-state index is -0.446. The lowest BCUT2D eigenvalue weighted by atomic mass is 10.2. The summed E-state index contributed by atoms with van der Waals surface area (Å²) in [6.45, 7) is 3.04. The van der Waals surface area contributed by atoms with Gasteiger partial charge in [-0.3, -0.25) is 4.79 Å². The van der Waals surface area contributed by atoms with Crippen LogP contribution in [0.2, 0.25) is 0 Å². The highest BCUT2D eigenvalue weighted by Crippen LogP contribution is 2.15. The highest BCUT2D eigenvalue weighted by molar-refractivity contribution is 5.80. The van der Waals surface area contributed by atoms with Crippen LogP contribution in [0, 0.1) is 5.82 Å². The second kappa shape index (κ2) is 6.20. The first-order valence-electron chi connectivity index (χ1n) is 5.55. The summed E-state index contributed by atoms with van der Waals surface area (Å²) in [5.41, 5.74) is 6.00. The Morgan fingerprint density at radius 3 is 2.76 bits per heavy atom. The molecule has 0 aliphatic heterocycles. The number of benzene rings is 1. The molecule has 0 aliphatic carbocycles. The molecule has 17 heavy (non-hydrogen) atoms. The molecule has 0 spiro atoms. The first kappa shape index (κ1) is 13.4. The first-order valence-corrected chi connectivity index (χ1v) is 5.55. The first-order chi connectivity index (χ1) is 8.08. The number of nitrogens with one attached hydrogen (secondary N) is 1. The lowest BCUT2D eigenvalue weighted by Crippen LogP contribution is -2.47. The van der Waals surface area contributed by atoms with Crippen LogP contribution in [0.1, 0.15) is 6.92 Å². The van der Waals surface area contributed by atoms with Crippen molar-refractivity contribution in [2.75, 3.05) is 25.0 Å². The van der Waals surface area contributed by atoms with E-state index >= 15 is 0 Å². The molecule has 0 aromatic heterocycles. The number of primary amides is 1. The van der Waals surface area contributed by atoms with Crippen molar-refractivity contribution in [3.05, 3.63) is 30.1 Å². The van der Waals surface area contributed by atoms with Gasteiger partial charge in [0.25, 0.3) is 0 Å². The minimum absolute atomic E-state index is 0.291. The van der Waals surface area contributed by atoms with Crippen molar-refractivity contribution in [1.29, 1.82) is 0 Å². The van der Waals surface area contributed by atoms with Gasteiger partial charge in [-0.2, -0.15) is 0 Å². The quantitative estimate of drug-likeness (QED) is 0.769. The van der Waals surface area contributed by atoms with Crippen molar-refractivity contribution in [3.8, 4) is 0 Å². The van der Waals surface area contributed by atoms with Gasteiger partial charge in [0.05, 0.1) is 0 Å². The molecule has 5 heteroatoms. The van der Waals surface area contributed by atoms with Gasteiger partial charge >= 0.3 is 0 Å². The van der Waals surface area contributed by atoms with E-state index in [4.69, 9.17) is 5.73 Å². The zero-order chi connectivity index (χ0) is 12.8. The van der Waals surface area contributed by atoms with E-state index in [2.05, 4.69) is 5.32 Å². The fourth-order valence-corrected chi connectivity index (χ4v) is 1.63. The van der Waals surface area contributed by atoms with Crippen molar-refractivity contribution >= 4 is 11.6 Å². The molecular formula is C12H18FN3O. The summed E-state index contributed by atoms with van der Waals surface area (Å²) < 4.78 is 13.1. The number of hydrogen-bond donors (Lipinski definition) is 2. The molecule has 1 aromatic rings. The Bertz CT molecular complexity index is 384. The number of anilines is 1. The van der Waals surface area contributed by atoms with Crippen molar-refractivity contribution in [2.45, 2.75) is 13.0 Å². The van der Waals surface area contributed by atoms with Crippen LogP contribution in [-0.2, 0) is 4.79 Å². The molecule has 0 radical (unpaired) electrons. The lowest BCUT2D eigenvalue weighted by molar-refractivity contribution is -0.119. The summed E-state index contributed by atoms with van der Waals surface area (Å²) in [5, 5.41) is 2.84. The van der Waals surface area contributed by atoms with Crippen LogP contribution in [0.3, 0.4) is 0 Å². The van der Waals surface area contributed by atoms with E-state index in [0.29, 0.717) is 13.1 Å². The molecule has 1 aromatic carbocycles. The third-order valence-electron chi connectivity index (χ3n) is 2.65. The average Bonchev–Trinajstić information content (AvgIpc) is 2.30. The standard InChI is InChI=1S/C12H18FN3O/c1-3-16(8-11(15-2)12(14)17)10-6-4-5-9(13)7-10/h4-7,11,15H,3,8H2,1-2H3,(H2,14,17). The monoisotopic (exact) mass is 239 g/mol. The molecule has 4 nitrogen and oxygen atoms in total. The predicted molar refractivity (Wildman–Crippen MR) is 66.3 cm³/mol. The topological polar surface area (TPSA) is 58.4 Å². The zero-order valence-electron chi connectivity index (χ0n) is 10.1. The molecule has 94 valence electrons. The van der Waals surface area contributed by atoms with Crippen LogP contribution in [0.15, 0.2) is 24.3 Å². The highest BCUT2D eigenvalue weighted by Gasteiger charge is 2.17. The van der Waals surface area contributed by atoms with Crippen molar-refractivity contribution in [3.63, 3.8) is 0 Å². The molecule has 1 rings (SSSR count). The van der Waals surface area contributed by atoms with Gasteiger partial charge in [0.15, 0.2) is 0 Å². The molecule has 1 amide bonds. The van der Waals surface area contributed by atoms with E-state index in [0.717, 1.165) is 5.69 Å². The number of likely N-dealkylation sites (N-methyl/N-ethyl adjacent to an activating group) is 2. The summed E-state index contributed by atoms with van der Waals surface area (Å²) >= 11 is 0. The molecule has 3 N–H and O–H groups in total. The lowest BCUT2D eigenvalue weighted by Gasteiger charge is -2.26. The normalized spacial score (nSPS) is 12.2. The molecule has 1 unspecified atom stereocenters. The molecule has 0 saturated carbocycles. The van der Waals surface area contributed by atoms with E-state index < -0.39 is 11.9 Å². The maximum absolute atomic E-state index is 13.1. The molecule has 0 aliphatic rings. The number of carbonyl (C=O) groups is 1. The predicted octanol–water partition coefficient (Wildman–Crippen LogP) is 0.725. The van der Waals surface area contributed by atoms with E-state index in [1.54, 1.807) is 19.2 Å². The fourth-order valence-electron chi connectivity index (χ4n) is 1.63. The van der Waals surface area contributed by atoms with Gasteiger partial charge in [-0.1, -0.05) is 6.07 Å². The zero-order valence-corrected chi connectivity index (χ0v) is 10.1. The van der Waals surface area contributed by atoms with Crippen molar-refractivity contribution in [2.24, 2.45) is 5.73 Å². The van der Waals surface area contributed by atoms with Gasteiger partial charge < -0.3 is 16.0 Å². The molecule has 0 bridgehead atoms. The molecule has 0 heterocycles. The maximum atomic E-state index is 13.1.